The molecular formula is C7H15NO. The highest BCUT2D eigenvalue weighted by atomic mass is 16.3. The fourth-order valence-corrected chi connectivity index (χ4v) is 1.37. The van der Waals surface area contributed by atoms with Crippen molar-refractivity contribution in [3.05, 3.63) is 0 Å². The van der Waals surface area contributed by atoms with Crippen molar-refractivity contribution in [2.24, 2.45) is 11.7 Å². The first-order chi connectivity index (χ1) is 4.22. The molecule has 0 aromatic heterocycles. The number of aliphatic hydroxyl groups excluding tert-OH is 1. The molecule has 0 aliphatic heterocycles. The molecule has 2 heteroatoms. The first kappa shape index (κ1) is 7.03. The topological polar surface area (TPSA) is 46.2 Å². The molecule has 1 aliphatic carbocycles. The summed E-state index contributed by atoms with van der Waals surface area (Å²) in [5, 5.41) is 9.27. The van der Waals surface area contributed by atoms with Gasteiger partial charge in [0.2, 0.25) is 0 Å². The first-order valence-corrected chi connectivity index (χ1v) is 3.65. The number of rotatable bonds is 0. The van der Waals surface area contributed by atoms with Crippen molar-refractivity contribution < 1.29 is 5.11 Å². The summed E-state index contributed by atoms with van der Waals surface area (Å²) in [5.41, 5.74) is 5.71. The molecule has 3 atom stereocenters. The third kappa shape index (κ3) is 1.43. The van der Waals surface area contributed by atoms with Crippen LogP contribution < -0.4 is 5.73 Å². The summed E-state index contributed by atoms with van der Waals surface area (Å²) in [4.78, 5) is 0. The van der Waals surface area contributed by atoms with Crippen LogP contribution in [0.1, 0.15) is 26.2 Å². The van der Waals surface area contributed by atoms with Crippen molar-refractivity contribution >= 4 is 0 Å². The van der Waals surface area contributed by atoms with E-state index in [1.165, 1.54) is 0 Å². The van der Waals surface area contributed by atoms with Gasteiger partial charge in [-0.05, 0) is 25.2 Å². The average molecular weight is 129 g/mol. The largest absolute Gasteiger partial charge is 0.393 e. The Balaban J connectivity index is 2.41. The van der Waals surface area contributed by atoms with Crippen LogP contribution in [0, 0.1) is 5.92 Å². The van der Waals surface area contributed by atoms with Crippen LogP contribution in [0.5, 0.6) is 0 Å². The van der Waals surface area contributed by atoms with Gasteiger partial charge in [0.15, 0.2) is 0 Å². The minimum atomic E-state index is -0.145. The molecule has 3 N–H and O–H groups in total. The Hall–Kier alpha value is -0.0800. The van der Waals surface area contributed by atoms with E-state index in [1.54, 1.807) is 0 Å². The Morgan fingerprint density at radius 2 is 2.11 bits per heavy atom. The highest BCUT2D eigenvalue weighted by Crippen LogP contribution is 2.22. The lowest BCUT2D eigenvalue weighted by Gasteiger charge is -2.29. The van der Waals surface area contributed by atoms with E-state index in [0.717, 1.165) is 19.3 Å². The third-order valence-corrected chi connectivity index (χ3v) is 2.32. The minimum absolute atomic E-state index is 0.145. The average Bonchev–Trinajstić information content (AvgIpc) is 1.83. The molecule has 2 nitrogen and oxygen atoms in total. The van der Waals surface area contributed by atoms with E-state index in [1.807, 2.05) is 6.92 Å². The molecule has 1 rings (SSSR count). The Morgan fingerprint density at radius 3 is 2.56 bits per heavy atom. The molecule has 9 heavy (non-hydrogen) atoms. The minimum Gasteiger partial charge on any atom is -0.393 e. The summed E-state index contributed by atoms with van der Waals surface area (Å²) < 4.78 is 0. The van der Waals surface area contributed by atoms with Crippen LogP contribution in [0.4, 0.5) is 0 Å². The van der Waals surface area contributed by atoms with Crippen molar-refractivity contribution in [1.82, 2.24) is 0 Å². The Kier molecular flexibility index (Phi) is 2.09. The maximum absolute atomic E-state index is 9.27. The highest BCUT2D eigenvalue weighted by Gasteiger charge is 2.24. The smallest absolute Gasteiger partial charge is 0.0580 e. The molecule has 1 fully saturated rings. The number of hydrogen-bond donors (Lipinski definition) is 2. The van der Waals surface area contributed by atoms with Gasteiger partial charge >= 0.3 is 0 Å². The predicted octanol–water partition coefficient (Wildman–Crippen LogP) is 0.495. The molecule has 1 saturated carbocycles. The molecule has 1 aliphatic rings. The first-order valence-electron chi connectivity index (χ1n) is 3.65. The van der Waals surface area contributed by atoms with Crippen LogP contribution in [-0.2, 0) is 0 Å². The Bertz CT molecular complexity index is 84.9. The Labute approximate surface area is 56.1 Å². The summed E-state index contributed by atoms with van der Waals surface area (Å²) in [6.45, 7) is 2.02. The van der Waals surface area contributed by atoms with E-state index in [2.05, 4.69) is 0 Å². The molecular weight excluding hydrogens is 114 g/mol. The van der Waals surface area contributed by atoms with Gasteiger partial charge in [-0.2, -0.15) is 0 Å². The standard InChI is InChI=1S/C7H15NO/c1-5-6(8)3-2-4-7(5)9/h5-7,9H,2-4,8H2,1H3/t5-,6+,7-/m1/s1. The van der Waals surface area contributed by atoms with E-state index in [-0.39, 0.29) is 12.1 Å². The monoisotopic (exact) mass is 129 g/mol. The lowest BCUT2D eigenvalue weighted by molar-refractivity contribution is 0.0671. The maximum atomic E-state index is 9.27. The van der Waals surface area contributed by atoms with Crippen LogP contribution in [-0.4, -0.2) is 17.3 Å². The van der Waals surface area contributed by atoms with Crippen molar-refractivity contribution in [1.29, 1.82) is 0 Å². The lowest BCUT2D eigenvalue weighted by Crippen LogP contribution is -2.39. The second-order valence-electron chi connectivity index (χ2n) is 3.02. The zero-order valence-electron chi connectivity index (χ0n) is 5.88. The lowest BCUT2D eigenvalue weighted by atomic mass is 9.84. The second-order valence-corrected chi connectivity index (χ2v) is 3.02. The van der Waals surface area contributed by atoms with E-state index in [0.29, 0.717) is 5.92 Å². The zero-order chi connectivity index (χ0) is 6.85. The maximum Gasteiger partial charge on any atom is 0.0580 e. The van der Waals surface area contributed by atoms with Gasteiger partial charge in [-0.15, -0.1) is 0 Å². The molecule has 0 aromatic carbocycles. The van der Waals surface area contributed by atoms with E-state index >= 15 is 0 Å². The van der Waals surface area contributed by atoms with Gasteiger partial charge in [0, 0.05) is 6.04 Å². The van der Waals surface area contributed by atoms with Gasteiger partial charge in [-0.25, -0.2) is 0 Å². The summed E-state index contributed by atoms with van der Waals surface area (Å²) in [6, 6.07) is 0.230. The second kappa shape index (κ2) is 2.67. The van der Waals surface area contributed by atoms with Gasteiger partial charge < -0.3 is 10.8 Å². The highest BCUT2D eigenvalue weighted by molar-refractivity contribution is 4.80. The van der Waals surface area contributed by atoms with Gasteiger partial charge in [-0.3, -0.25) is 0 Å². The third-order valence-electron chi connectivity index (χ3n) is 2.32. The van der Waals surface area contributed by atoms with Crippen LogP contribution in [0.2, 0.25) is 0 Å². The van der Waals surface area contributed by atoms with Crippen molar-refractivity contribution in [3.63, 3.8) is 0 Å². The summed E-state index contributed by atoms with van der Waals surface area (Å²) in [5.74, 6) is 0.304. The van der Waals surface area contributed by atoms with Crippen molar-refractivity contribution in [2.75, 3.05) is 0 Å². The molecule has 0 spiro atoms. The number of hydrogen-bond acceptors (Lipinski definition) is 2. The predicted molar refractivity (Wildman–Crippen MR) is 37.0 cm³/mol. The van der Waals surface area contributed by atoms with Crippen LogP contribution in [0.3, 0.4) is 0 Å². The molecule has 0 heterocycles. The SMILES string of the molecule is C[C@H]1[C@H](O)CCC[C@@H]1N. The van der Waals surface area contributed by atoms with E-state index in [9.17, 15) is 5.11 Å². The van der Waals surface area contributed by atoms with Gasteiger partial charge in [0.25, 0.3) is 0 Å². The van der Waals surface area contributed by atoms with E-state index < -0.39 is 0 Å². The molecule has 0 radical (unpaired) electrons. The van der Waals surface area contributed by atoms with Crippen molar-refractivity contribution in [3.8, 4) is 0 Å². The van der Waals surface area contributed by atoms with Crippen molar-refractivity contribution in [2.45, 2.75) is 38.3 Å². The van der Waals surface area contributed by atoms with Gasteiger partial charge in [0.1, 0.15) is 0 Å². The number of nitrogens with two attached hydrogens (primary N) is 1. The molecule has 0 bridgehead atoms. The van der Waals surface area contributed by atoms with Crippen LogP contribution >= 0.6 is 0 Å². The molecule has 54 valence electrons. The van der Waals surface area contributed by atoms with Crippen LogP contribution in [0.25, 0.3) is 0 Å². The summed E-state index contributed by atoms with van der Waals surface area (Å²) in [6.07, 6.45) is 2.97. The normalized spacial score (nSPS) is 45.0. The number of aliphatic hydroxyl groups is 1. The van der Waals surface area contributed by atoms with Crippen LogP contribution in [0.15, 0.2) is 0 Å². The molecule has 0 amide bonds. The zero-order valence-corrected chi connectivity index (χ0v) is 5.88. The fourth-order valence-electron chi connectivity index (χ4n) is 1.37. The quantitative estimate of drug-likeness (QED) is 0.500. The molecule has 0 saturated heterocycles. The summed E-state index contributed by atoms with van der Waals surface area (Å²) in [7, 11) is 0. The summed E-state index contributed by atoms with van der Waals surface area (Å²) >= 11 is 0. The fraction of sp³-hybridized carbons (Fsp3) is 1.00. The molecule has 0 aromatic rings. The Morgan fingerprint density at radius 1 is 1.44 bits per heavy atom. The van der Waals surface area contributed by atoms with Gasteiger partial charge in [-0.1, -0.05) is 6.92 Å². The van der Waals surface area contributed by atoms with Gasteiger partial charge in [0.05, 0.1) is 6.10 Å². The molecule has 0 unspecified atom stereocenters. The van der Waals surface area contributed by atoms with E-state index in [4.69, 9.17) is 5.73 Å².